The Morgan fingerprint density at radius 2 is 1.70 bits per heavy atom. The molecule has 0 spiro atoms. The lowest BCUT2D eigenvalue weighted by Gasteiger charge is -2.09. The number of para-hydroxylation sites is 3. The molecule has 0 saturated heterocycles. The van der Waals surface area contributed by atoms with Gasteiger partial charge in [-0.15, -0.1) is 0 Å². The molecule has 4 aromatic rings. The molecule has 1 heterocycles. The number of fused-ring (bicyclic) bond motifs is 1. The van der Waals surface area contributed by atoms with Crippen molar-refractivity contribution in [3.63, 3.8) is 0 Å². The zero-order valence-corrected chi connectivity index (χ0v) is 14.9. The lowest BCUT2D eigenvalue weighted by molar-refractivity contribution is 0.101. The number of carbonyl (C=O) groups is 1. The van der Waals surface area contributed by atoms with Gasteiger partial charge < -0.3 is 0 Å². The second kappa shape index (κ2) is 7.32. The summed E-state index contributed by atoms with van der Waals surface area (Å²) in [7, 11) is 0. The molecule has 0 amide bonds. The van der Waals surface area contributed by atoms with E-state index in [4.69, 9.17) is 0 Å². The number of hydrogen-bond donors (Lipinski definition) is 0. The molecule has 6 heteroatoms. The fourth-order valence-corrected chi connectivity index (χ4v) is 3.76. The number of hydrogen-bond acceptors (Lipinski definition) is 3. The molecule has 27 heavy (non-hydrogen) atoms. The fraction of sp³-hybridized carbons (Fsp3) is 0.0476. The Morgan fingerprint density at radius 1 is 0.963 bits per heavy atom. The van der Waals surface area contributed by atoms with Crippen LogP contribution in [0.3, 0.4) is 0 Å². The number of ketones is 1. The van der Waals surface area contributed by atoms with Gasteiger partial charge in [-0.05, 0) is 36.4 Å². The number of halogens is 2. The van der Waals surface area contributed by atoms with Crippen LogP contribution in [0.15, 0.2) is 78.0 Å². The number of Topliss-reactive ketones (excluding diaryl/α,β-unsaturated/α-hetero) is 1. The van der Waals surface area contributed by atoms with Gasteiger partial charge in [-0.25, -0.2) is 13.8 Å². The summed E-state index contributed by atoms with van der Waals surface area (Å²) in [6, 6.07) is 20.4. The van der Waals surface area contributed by atoms with Gasteiger partial charge in [-0.2, -0.15) is 0 Å². The van der Waals surface area contributed by atoms with Gasteiger partial charge in [0.1, 0.15) is 11.6 Å². The molecule has 1 aromatic heterocycles. The standard InChI is InChI=1S/C21H14F2N2OS/c22-14-10-11-16(17(23)12-14)20(26)13-27-21-24-18-8-4-5-9-19(18)25(21)15-6-2-1-3-7-15/h1-12H,13H2. The van der Waals surface area contributed by atoms with Crippen LogP contribution in [0.25, 0.3) is 16.7 Å². The van der Waals surface area contributed by atoms with Crippen molar-refractivity contribution in [3.05, 3.63) is 90.0 Å². The first-order valence-electron chi connectivity index (χ1n) is 8.27. The van der Waals surface area contributed by atoms with Crippen molar-refractivity contribution in [1.82, 2.24) is 9.55 Å². The van der Waals surface area contributed by atoms with Crippen molar-refractivity contribution in [3.8, 4) is 5.69 Å². The van der Waals surface area contributed by atoms with E-state index in [1.54, 1.807) is 0 Å². The van der Waals surface area contributed by atoms with Crippen LogP contribution in [0.1, 0.15) is 10.4 Å². The first-order chi connectivity index (χ1) is 13.1. The Hall–Kier alpha value is -2.99. The van der Waals surface area contributed by atoms with E-state index in [0.29, 0.717) is 5.16 Å². The van der Waals surface area contributed by atoms with E-state index in [1.807, 2.05) is 59.2 Å². The maximum Gasteiger partial charge on any atom is 0.176 e. The topological polar surface area (TPSA) is 34.9 Å². The first-order valence-corrected chi connectivity index (χ1v) is 9.26. The van der Waals surface area contributed by atoms with Crippen LogP contribution in [-0.2, 0) is 0 Å². The maximum absolute atomic E-state index is 13.8. The predicted octanol–water partition coefficient (Wildman–Crippen LogP) is 5.28. The van der Waals surface area contributed by atoms with Crippen molar-refractivity contribution in [2.75, 3.05) is 5.75 Å². The molecule has 0 aliphatic rings. The highest BCUT2D eigenvalue weighted by molar-refractivity contribution is 7.99. The summed E-state index contributed by atoms with van der Waals surface area (Å²) in [5, 5.41) is 0.637. The van der Waals surface area contributed by atoms with Gasteiger partial charge in [0.25, 0.3) is 0 Å². The molecule has 0 fully saturated rings. The van der Waals surface area contributed by atoms with E-state index in [0.717, 1.165) is 28.9 Å². The molecule has 0 aliphatic carbocycles. The Balaban J connectivity index is 1.67. The maximum atomic E-state index is 13.8. The highest BCUT2D eigenvalue weighted by Crippen LogP contribution is 2.28. The molecule has 0 saturated carbocycles. The first kappa shape index (κ1) is 17.4. The summed E-state index contributed by atoms with van der Waals surface area (Å²) in [5.74, 6) is -1.97. The van der Waals surface area contributed by atoms with Gasteiger partial charge in [-0.3, -0.25) is 9.36 Å². The molecule has 0 unspecified atom stereocenters. The number of nitrogens with zero attached hydrogens (tertiary/aromatic N) is 2. The molecular weight excluding hydrogens is 366 g/mol. The van der Waals surface area contributed by atoms with E-state index >= 15 is 0 Å². The van der Waals surface area contributed by atoms with Gasteiger partial charge in [0.05, 0.1) is 22.3 Å². The Morgan fingerprint density at radius 3 is 2.48 bits per heavy atom. The smallest absolute Gasteiger partial charge is 0.176 e. The quantitative estimate of drug-likeness (QED) is 0.349. The average molecular weight is 380 g/mol. The lowest BCUT2D eigenvalue weighted by atomic mass is 10.1. The normalized spacial score (nSPS) is 11.0. The van der Waals surface area contributed by atoms with Crippen molar-refractivity contribution < 1.29 is 13.6 Å². The third kappa shape index (κ3) is 3.48. The summed E-state index contributed by atoms with van der Waals surface area (Å²) < 4.78 is 28.9. The summed E-state index contributed by atoms with van der Waals surface area (Å²) in [6.07, 6.45) is 0. The number of thioether (sulfide) groups is 1. The van der Waals surface area contributed by atoms with Gasteiger partial charge in [0.15, 0.2) is 10.9 Å². The molecule has 0 bridgehead atoms. The molecular formula is C21H14F2N2OS. The summed E-state index contributed by atoms with van der Waals surface area (Å²) in [6.45, 7) is 0. The summed E-state index contributed by atoms with van der Waals surface area (Å²) in [5.41, 5.74) is 2.54. The van der Waals surface area contributed by atoms with Crippen LogP contribution in [0.4, 0.5) is 8.78 Å². The Bertz CT molecular complexity index is 1130. The molecule has 4 rings (SSSR count). The molecule has 0 radical (unpaired) electrons. The molecule has 0 N–H and O–H groups in total. The van der Waals surface area contributed by atoms with E-state index in [9.17, 15) is 13.6 Å². The summed E-state index contributed by atoms with van der Waals surface area (Å²) >= 11 is 1.23. The Labute approximate surface area is 158 Å². The SMILES string of the molecule is O=C(CSc1nc2ccccc2n1-c1ccccc1)c1ccc(F)cc1F. The van der Waals surface area contributed by atoms with Crippen molar-refractivity contribution in [1.29, 1.82) is 0 Å². The minimum atomic E-state index is -0.850. The second-order valence-corrected chi connectivity index (χ2v) is 6.83. The minimum Gasteiger partial charge on any atom is -0.293 e. The number of imidazole rings is 1. The summed E-state index contributed by atoms with van der Waals surface area (Å²) in [4.78, 5) is 17.0. The number of rotatable bonds is 5. The number of aromatic nitrogens is 2. The van der Waals surface area contributed by atoms with Crippen molar-refractivity contribution >= 4 is 28.6 Å². The molecule has 0 atom stereocenters. The zero-order chi connectivity index (χ0) is 18.8. The Kier molecular flexibility index (Phi) is 4.73. The number of carbonyl (C=O) groups excluding carboxylic acids is 1. The molecule has 3 nitrogen and oxygen atoms in total. The molecule has 134 valence electrons. The van der Waals surface area contributed by atoms with Crippen molar-refractivity contribution in [2.24, 2.45) is 0 Å². The van der Waals surface area contributed by atoms with E-state index in [-0.39, 0.29) is 11.3 Å². The highest BCUT2D eigenvalue weighted by atomic mass is 32.2. The van der Waals surface area contributed by atoms with Crippen LogP contribution >= 0.6 is 11.8 Å². The van der Waals surface area contributed by atoms with Crippen LogP contribution in [0.5, 0.6) is 0 Å². The zero-order valence-electron chi connectivity index (χ0n) is 14.1. The molecule has 3 aromatic carbocycles. The van der Waals surface area contributed by atoms with Gasteiger partial charge >= 0.3 is 0 Å². The largest absolute Gasteiger partial charge is 0.293 e. The van der Waals surface area contributed by atoms with E-state index in [2.05, 4.69) is 4.98 Å². The van der Waals surface area contributed by atoms with Crippen LogP contribution in [0, 0.1) is 11.6 Å². The monoisotopic (exact) mass is 380 g/mol. The van der Waals surface area contributed by atoms with Crippen molar-refractivity contribution in [2.45, 2.75) is 5.16 Å². The van der Waals surface area contributed by atoms with Gasteiger partial charge in [-0.1, -0.05) is 42.1 Å². The van der Waals surface area contributed by atoms with E-state index in [1.165, 1.54) is 17.8 Å². The predicted molar refractivity (Wildman–Crippen MR) is 102 cm³/mol. The lowest BCUT2D eigenvalue weighted by Crippen LogP contribution is -2.07. The van der Waals surface area contributed by atoms with Crippen LogP contribution in [0.2, 0.25) is 0 Å². The highest BCUT2D eigenvalue weighted by Gasteiger charge is 2.17. The number of benzene rings is 3. The van der Waals surface area contributed by atoms with E-state index < -0.39 is 17.4 Å². The molecule has 0 aliphatic heterocycles. The average Bonchev–Trinajstić information content (AvgIpc) is 3.05. The third-order valence-electron chi connectivity index (χ3n) is 4.11. The van der Waals surface area contributed by atoms with Gasteiger partial charge in [0.2, 0.25) is 0 Å². The van der Waals surface area contributed by atoms with Crippen LogP contribution in [-0.4, -0.2) is 21.1 Å². The second-order valence-electron chi connectivity index (χ2n) is 5.89. The van der Waals surface area contributed by atoms with Crippen LogP contribution < -0.4 is 0 Å². The fourth-order valence-electron chi connectivity index (χ4n) is 2.85. The third-order valence-corrected chi connectivity index (χ3v) is 5.05. The van der Waals surface area contributed by atoms with Gasteiger partial charge in [0, 0.05) is 11.8 Å². The minimum absolute atomic E-state index is 0.00128.